The number of carbonyl (C=O) groups is 2. The van der Waals surface area contributed by atoms with Crippen molar-refractivity contribution in [3.05, 3.63) is 41.4 Å². The number of aliphatic hydroxyl groups is 1. The van der Waals surface area contributed by atoms with E-state index in [1.165, 1.54) is 10.9 Å². The maximum absolute atomic E-state index is 15.3. The average molecular weight is 567 g/mol. The number of alkyl halides is 1. The second-order valence-electron chi connectivity index (χ2n) is 8.70. The lowest BCUT2D eigenvalue weighted by Gasteiger charge is -2.30. The van der Waals surface area contributed by atoms with Crippen molar-refractivity contribution in [1.29, 1.82) is 0 Å². The van der Waals surface area contributed by atoms with Crippen molar-refractivity contribution in [3.63, 3.8) is 0 Å². The molecule has 210 valence electrons. The summed E-state index contributed by atoms with van der Waals surface area (Å²) in [5, 5.41) is 10.5. The van der Waals surface area contributed by atoms with Crippen LogP contribution in [0.4, 0.5) is 15.9 Å². The lowest BCUT2D eigenvalue weighted by Crippen LogP contribution is -2.54. The number of hydrogen-bond acceptors (Lipinski definition) is 12. The Morgan fingerprint density at radius 1 is 1.15 bits per heavy atom. The van der Waals surface area contributed by atoms with Crippen LogP contribution in [0.5, 0.6) is 0 Å². The Hall–Kier alpha value is -3.59. The number of rotatable bonds is 10. The molecule has 5 N–H and O–H groups in total. The zero-order valence-electron chi connectivity index (χ0n) is 21.1. The lowest BCUT2D eigenvalue weighted by atomic mass is 9.93. The third kappa shape index (κ3) is 5.59. The Morgan fingerprint density at radius 2 is 1.79 bits per heavy atom. The van der Waals surface area contributed by atoms with E-state index < -0.39 is 48.8 Å². The minimum atomic E-state index is -2.27. The topological polar surface area (TPSA) is 187 Å². The number of anilines is 2. The minimum absolute atomic E-state index is 0.0195. The zero-order valence-corrected chi connectivity index (χ0v) is 21.9. The molecule has 0 amide bonds. The predicted molar refractivity (Wildman–Crippen MR) is 136 cm³/mol. The number of nitrogens with zero attached hydrogens (tertiary/aromatic N) is 4. The van der Waals surface area contributed by atoms with Crippen molar-refractivity contribution in [3.8, 4) is 0 Å². The summed E-state index contributed by atoms with van der Waals surface area (Å²) < 4.78 is 38.5. The Morgan fingerprint density at radius 3 is 2.41 bits per heavy atom. The average Bonchev–Trinajstić information content (AvgIpc) is 3.44. The molecule has 39 heavy (non-hydrogen) atoms. The van der Waals surface area contributed by atoms with Crippen molar-refractivity contribution in [2.45, 2.75) is 50.5 Å². The number of aromatic nitrogens is 4. The molecule has 0 saturated carbocycles. The smallest absolute Gasteiger partial charge is 0.350 e. The van der Waals surface area contributed by atoms with Crippen LogP contribution in [0.2, 0.25) is 5.28 Å². The van der Waals surface area contributed by atoms with Gasteiger partial charge >= 0.3 is 11.9 Å². The number of fused-ring (bicyclic) bond motifs is 1. The molecule has 3 aromatic rings. The number of ether oxygens (including phenoxy) is 4. The van der Waals surface area contributed by atoms with E-state index in [1.54, 1.807) is 38.1 Å². The van der Waals surface area contributed by atoms with Crippen LogP contribution in [0.3, 0.4) is 0 Å². The van der Waals surface area contributed by atoms with Crippen LogP contribution in [0.1, 0.15) is 25.6 Å². The van der Waals surface area contributed by atoms with Crippen LogP contribution in [0.15, 0.2) is 30.6 Å². The van der Waals surface area contributed by atoms with Gasteiger partial charge in [0.15, 0.2) is 23.9 Å². The molecular formula is C24H28ClFN6O7. The summed E-state index contributed by atoms with van der Waals surface area (Å²) in [4.78, 5) is 38.2. The second-order valence-corrected chi connectivity index (χ2v) is 9.04. The van der Waals surface area contributed by atoms with Crippen molar-refractivity contribution < 1.29 is 38.0 Å². The van der Waals surface area contributed by atoms with Gasteiger partial charge in [0.2, 0.25) is 5.28 Å². The maximum Gasteiger partial charge on any atom is 0.350 e. The summed E-state index contributed by atoms with van der Waals surface area (Å²) in [7, 11) is 0. The molecule has 0 radical (unpaired) electrons. The van der Waals surface area contributed by atoms with Gasteiger partial charge < -0.3 is 35.5 Å². The Balaban J connectivity index is 1.62. The summed E-state index contributed by atoms with van der Waals surface area (Å²) in [6.45, 7) is 2.45. The largest absolute Gasteiger partial charge is 0.463 e. The molecule has 0 aliphatic carbocycles. The standard InChI is InChI=1S/C24H28ClFN6O7/c1-3-36-21(34)24(22(35)37-4-2,9-12-5-7-13(27)8-6-12)38-10-14-17(33)15(26)20(39-14)32-11-29-16-18(28)30-23(25)31-19(16)32/h5-8,11,14-15,17,20,33H,3-4,9-10,27H2,1-2H3,(H2,28,30,31)/t14-,15+,17-,20-/m1/s1. The summed E-state index contributed by atoms with van der Waals surface area (Å²) in [5.41, 5.74) is 10.5. The Bertz CT molecular complexity index is 1320. The molecule has 1 aromatic carbocycles. The van der Waals surface area contributed by atoms with Crippen LogP contribution < -0.4 is 11.5 Å². The van der Waals surface area contributed by atoms with E-state index in [0.29, 0.717) is 11.3 Å². The molecule has 2 aromatic heterocycles. The Labute approximate surface area is 227 Å². The van der Waals surface area contributed by atoms with Gasteiger partial charge in [0.05, 0.1) is 26.1 Å². The third-order valence-electron chi connectivity index (χ3n) is 6.13. The van der Waals surface area contributed by atoms with Crippen LogP contribution in [0, 0.1) is 0 Å². The van der Waals surface area contributed by atoms with Gasteiger partial charge in [-0.2, -0.15) is 9.97 Å². The van der Waals surface area contributed by atoms with Gasteiger partial charge in [-0.25, -0.2) is 19.0 Å². The fraction of sp³-hybridized carbons (Fsp3) is 0.458. The van der Waals surface area contributed by atoms with Gasteiger partial charge in [0, 0.05) is 12.1 Å². The molecule has 13 nitrogen and oxygen atoms in total. The first kappa shape index (κ1) is 28.4. The van der Waals surface area contributed by atoms with E-state index in [-0.39, 0.29) is 41.9 Å². The molecule has 0 bridgehead atoms. The van der Waals surface area contributed by atoms with Crippen LogP contribution >= 0.6 is 11.6 Å². The quantitative estimate of drug-likeness (QED) is 0.139. The number of nitrogen functional groups attached to an aromatic ring is 2. The van der Waals surface area contributed by atoms with Crippen molar-refractivity contribution in [2.24, 2.45) is 0 Å². The summed E-state index contributed by atoms with van der Waals surface area (Å²) in [5.74, 6) is -2.04. The van der Waals surface area contributed by atoms with Crippen LogP contribution in [-0.4, -0.2) is 80.4 Å². The van der Waals surface area contributed by atoms with Crippen molar-refractivity contribution in [1.82, 2.24) is 19.5 Å². The van der Waals surface area contributed by atoms with Crippen molar-refractivity contribution >= 4 is 46.2 Å². The van der Waals surface area contributed by atoms with Crippen LogP contribution in [-0.2, 0) is 35.0 Å². The van der Waals surface area contributed by atoms with Gasteiger partial charge in [-0.15, -0.1) is 0 Å². The maximum atomic E-state index is 15.3. The normalized spacial score (nSPS) is 21.3. The number of imidazole rings is 1. The summed E-state index contributed by atoms with van der Waals surface area (Å²) in [6, 6.07) is 6.42. The predicted octanol–water partition coefficient (Wildman–Crippen LogP) is 1.36. The molecule has 1 aliphatic heterocycles. The van der Waals surface area contributed by atoms with E-state index in [2.05, 4.69) is 15.0 Å². The molecule has 3 heterocycles. The molecule has 0 unspecified atom stereocenters. The number of hydrogen-bond donors (Lipinski definition) is 3. The molecule has 4 atom stereocenters. The second kappa shape index (κ2) is 11.7. The fourth-order valence-electron chi connectivity index (χ4n) is 4.20. The summed E-state index contributed by atoms with van der Waals surface area (Å²) >= 11 is 5.90. The van der Waals surface area contributed by atoms with E-state index in [4.69, 9.17) is 42.0 Å². The number of nitrogens with two attached hydrogens (primary N) is 2. The van der Waals surface area contributed by atoms with E-state index in [9.17, 15) is 14.7 Å². The molecule has 4 rings (SSSR count). The Kier molecular flexibility index (Phi) is 8.49. The molecule has 15 heteroatoms. The highest BCUT2D eigenvalue weighted by Gasteiger charge is 2.53. The number of esters is 2. The summed E-state index contributed by atoms with van der Waals surface area (Å²) in [6.07, 6.45) is -5.45. The monoisotopic (exact) mass is 566 g/mol. The van der Waals surface area contributed by atoms with Crippen LogP contribution in [0.25, 0.3) is 11.2 Å². The SMILES string of the molecule is CCOC(=O)C(Cc1ccc(N)cc1)(OC[C@H]1O[C@@H](n2cnc3c(N)nc(Cl)nc32)[C@@H](F)[C@@H]1O)C(=O)OCC. The third-order valence-corrected chi connectivity index (χ3v) is 6.30. The van der Waals surface area contributed by atoms with E-state index >= 15 is 4.39 Å². The highest BCUT2D eigenvalue weighted by Crippen LogP contribution is 2.35. The molecule has 1 fully saturated rings. The number of benzene rings is 1. The fourth-order valence-corrected chi connectivity index (χ4v) is 4.37. The van der Waals surface area contributed by atoms with Gasteiger partial charge in [-0.05, 0) is 43.1 Å². The number of halogens is 2. The van der Waals surface area contributed by atoms with Gasteiger partial charge in [0.1, 0.15) is 17.7 Å². The molecule has 1 aliphatic rings. The first-order valence-corrected chi connectivity index (χ1v) is 12.4. The first-order valence-electron chi connectivity index (χ1n) is 12.1. The highest BCUT2D eigenvalue weighted by molar-refractivity contribution is 6.28. The van der Waals surface area contributed by atoms with E-state index in [1.807, 2.05) is 0 Å². The number of aliphatic hydroxyl groups excluding tert-OH is 1. The zero-order chi connectivity index (χ0) is 28.3. The first-order chi connectivity index (χ1) is 18.6. The van der Waals surface area contributed by atoms with Gasteiger partial charge in [-0.1, -0.05) is 12.1 Å². The molecule has 0 spiro atoms. The minimum Gasteiger partial charge on any atom is -0.463 e. The lowest BCUT2D eigenvalue weighted by molar-refractivity contribution is -0.197. The van der Waals surface area contributed by atoms with Gasteiger partial charge in [0.25, 0.3) is 5.60 Å². The highest BCUT2D eigenvalue weighted by atomic mass is 35.5. The molecular weight excluding hydrogens is 539 g/mol. The molecule has 1 saturated heterocycles. The van der Waals surface area contributed by atoms with Gasteiger partial charge in [-0.3, -0.25) is 4.57 Å². The van der Waals surface area contributed by atoms with Crippen molar-refractivity contribution in [2.75, 3.05) is 31.3 Å². The van der Waals surface area contributed by atoms with E-state index in [0.717, 1.165) is 0 Å². The number of carbonyl (C=O) groups excluding carboxylic acids is 2.